The standard InChI is InChI=1S/C15H16FN3O/c1-9-6-18-8-12(9)15(20)19-13-3-2-10-7-17-5-4-11(10)14(13)16/h2-3,6,8,17-18H,4-5,7H2,1H3,(H,19,20). The van der Waals surface area contributed by atoms with Crippen molar-refractivity contribution in [1.82, 2.24) is 10.3 Å². The third kappa shape index (κ3) is 2.20. The van der Waals surface area contributed by atoms with Crippen molar-refractivity contribution in [2.24, 2.45) is 0 Å². The summed E-state index contributed by atoms with van der Waals surface area (Å²) in [4.78, 5) is 15.0. The van der Waals surface area contributed by atoms with E-state index in [1.165, 1.54) is 0 Å². The molecule has 2 heterocycles. The largest absolute Gasteiger partial charge is 0.367 e. The minimum absolute atomic E-state index is 0.247. The van der Waals surface area contributed by atoms with Crippen LogP contribution in [0.2, 0.25) is 0 Å². The van der Waals surface area contributed by atoms with Crippen LogP contribution < -0.4 is 10.6 Å². The van der Waals surface area contributed by atoms with Crippen molar-refractivity contribution in [3.63, 3.8) is 0 Å². The van der Waals surface area contributed by atoms with Gasteiger partial charge in [-0.1, -0.05) is 6.07 Å². The van der Waals surface area contributed by atoms with Crippen LogP contribution >= 0.6 is 0 Å². The SMILES string of the molecule is Cc1c[nH]cc1C(=O)Nc1ccc2c(c1F)CCNC2. The van der Waals surface area contributed by atoms with Crippen molar-refractivity contribution < 1.29 is 9.18 Å². The number of hydrogen-bond donors (Lipinski definition) is 3. The minimum Gasteiger partial charge on any atom is -0.367 e. The molecule has 20 heavy (non-hydrogen) atoms. The van der Waals surface area contributed by atoms with Crippen molar-refractivity contribution in [3.8, 4) is 0 Å². The maximum absolute atomic E-state index is 14.4. The van der Waals surface area contributed by atoms with E-state index < -0.39 is 0 Å². The monoisotopic (exact) mass is 273 g/mol. The molecular weight excluding hydrogens is 257 g/mol. The first-order valence-electron chi connectivity index (χ1n) is 6.62. The van der Waals surface area contributed by atoms with Crippen LogP contribution in [0.1, 0.15) is 27.0 Å². The zero-order valence-corrected chi connectivity index (χ0v) is 11.2. The average Bonchev–Trinajstić information content (AvgIpc) is 2.88. The fourth-order valence-electron chi connectivity index (χ4n) is 2.51. The van der Waals surface area contributed by atoms with E-state index in [0.717, 1.165) is 17.7 Å². The number of anilines is 1. The van der Waals surface area contributed by atoms with Crippen molar-refractivity contribution in [2.45, 2.75) is 19.9 Å². The fourth-order valence-corrected chi connectivity index (χ4v) is 2.51. The number of carbonyl (C=O) groups is 1. The molecule has 0 bridgehead atoms. The Morgan fingerprint density at radius 3 is 2.95 bits per heavy atom. The molecule has 1 aromatic carbocycles. The second kappa shape index (κ2) is 5.09. The van der Waals surface area contributed by atoms with E-state index in [4.69, 9.17) is 0 Å². The Morgan fingerprint density at radius 1 is 1.35 bits per heavy atom. The highest BCUT2D eigenvalue weighted by Gasteiger charge is 2.18. The van der Waals surface area contributed by atoms with Gasteiger partial charge in [-0.2, -0.15) is 0 Å². The van der Waals surface area contributed by atoms with Crippen molar-refractivity contribution in [2.75, 3.05) is 11.9 Å². The van der Waals surface area contributed by atoms with Crippen molar-refractivity contribution in [3.05, 3.63) is 52.6 Å². The molecule has 2 aromatic rings. The molecule has 0 radical (unpaired) electrons. The number of halogens is 1. The molecule has 3 rings (SSSR count). The second-order valence-corrected chi connectivity index (χ2v) is 5.00. The predicted octanol–water partition coefficient (Wildman–Crippen LogP) is 2.36. The zero-order chi connectivity index (χ0) is 14.1. The summed E-state index contributed by atoms with van der Waals surface area (Å²) in [6.07, 6.45) is 4.00. The number of fused-ring (bicyclic) bond motifs is 1. The normalized spacial score (nSPS) is 13.9. The molecule has 0 fully saturated rings. The second-order valence-electron chi connectivity index (χ2n) is 5.00. The predicted molar refractivity (Wildman–Crippen MR) is 75.3 cm³/mol. The summed E-state index contributed by atoms with van der Waals surface area (Å²) in [6.45, 7) is 3.27. The van der Waals surface area contributed by atoms with Gasteiger partial charge in [-0.3, -0.25) is 4.79 Å². The first-order valence-corrected chi connectivity index (χ1v) is 6.62. The van der Waals surface area contributed by atoms with Crippen molar-refractivity contribution >= 4 is 11.6 Å². The van der Waals surface area contributed by atoms with Crippen LogP contribution in [0, 0.1) is 12.7 Å². The third-order valence-corrected chi connectivity index (χ3v) is 3.65. The van der Waals surface area contributed by atoms with Gasteiger partial charge in [-0.05, 0) is 42.6 Å². The third-order valence-electron chi connectivity index (χ3n) is 3.65. The van der Waals surface area contributed by atoms with Gasteiger partial charge in [0.05, 0.1) is 11.3 Å². The number of benzene rings is 1. The molecule has 1 aromatic heterocycles. The molecule has 5 heteroatoms. The number of H-pyrrole nitrogens is 1. The van der Waals surface area contributed by atoms with Gasteiger partial charge in [0, 0.05) is 18.9 Å². The van der Waals surface area contributed by atoms with E-state index in [1.54, 1.807) is 18.5 Å². The molecule has 0 unspecified atom stereocenters. The van der Waals surface area contributed by atoms with Gasteiger partial charge in [0.25, 0.3) is 5.91 Å². The highest BCUT2D eigenvalue weighted by molar-refractivity contribution is 6.05. The van der Waals surface area contributed by atoms with E-state index in [0.29, 0.717) is 24.1 Å². The van der Waals surface area contributed by atoms with Crippen LogP contribution in [0.5, 0.6) is 0 Å². The summed E-state index contributed by atoms with van der Waals surface area (Å²) in [6, 6.07) is 3.49. The van der Waals surface area contributed by atoms with Gasteiger partial charge in [0.15, 0.2) is 0 Å². The Balaban J connectivity index is 1.88. The molecule has 1 aliphatic rings. The molecule has 4 nitrogen and oxygen atoms in total. The first kappa shape index (κ1) is 12.9. The maximum atomic E-state index is 14.4. The molecule has 0 saturated carbocycles. The number of hydrogen-bond acceptors (Lipinski definition) is 2. The Morgan fingerprint density at radius 2 is 2.20 bits per heavy atom. The topological polar surface area (TPSA) is 56.9 Å². The Hall–Kier alpha value is -2.14. The average molecular weight is 273 g/mol. The van der Waals surface area contributed by atoms with Gasteiger partial charge in [-0.25, -0.2) is 4.39 Å². The number of nitrogens with one attached hydrogen (secondary N) is 3. The van der Waals surface area contributed by atoms with Crippen LogP contribution in [-0.2, 0) is 13.0 Å². The highest BCUT2D eigenvalue weighted by atomic mass is 19.1. The smallest absolute Gasteiger partial charge is 0.257 e. The van der Waals surface area contributed by atoms with Crippen molar-refractivity contribution in [1.29, 1.82) is 0 Å². The van der Waals surface area contributed by atoms with Crippen LogP contribution in [-0.4, -0.2) is 17.4 Å². The summed E-state index contributed by atoms with van der Waals surface area (Å²) >= 11 is 0. The van der Waals surface area contributed by atoms with Crippen LogP contribution in [0.15, 0.2) is 24.5 Å². The Kier molecular flexibility index (Phi) is 3.28. The Labute approximate surface area is 116 Å². The van der Waals surface area contributed by atoms with Gasteiger partial charge in [-0.15, -0.1) is 0 Å². The van der Waals surface area contributed by atoms with E-state index in [-0.39, 0.29) is 17.4 Å². The molecule has 0 aliphatic carbocycles. The summed E-state index contributed by atoms with van der Waals surface area (Å²) in [7, 11) is 0. The van der Waals surface area contributed by atoms with Gasteiger partial charge in [0.1, 0.15) is 5.82 Å². The minimum atomic E-state index is -0.314. The van der Waals surface area contributed by atoms with E-state index in [1.807, 2.05) is 13.0 Å². The molecule has 3 N–H and O–H groups in total. The number of aryl methyl sites for hydroxylation is 1. The van der Waals surface area contributed by atoms with Gasteiger partial charge >= 0.3 is 0 Å². The molecule has 0 spiro atoms. The van der Waals surface area contributed by atoms with Gasteiger partial charge < -0.3 is 15.6 Å². The summed E-state index contributed by atoms with van der Waals surface area (Å²) in [5.41, 5.74) is 3.28. The lowest BCUT2D eigenvalue weighted by atomic mass is 9.99. The number of carbonyl (C=O) groups excluding carboxylic acids is 1. The Bertz CT molecular complexity index is 663. The summed E-state index contributed by atoms with van der Waals surface area (Å²) in [5, 5.41) is 5.85. The lowest BCUT2D eigenvalue weighted by Gasteiger charge is -2.19. The number of rotatable bonds is 2. The van der Waals surface area contributed by atoms with E-state index in [9.17, 15) is 9.18 Å². The summed E-state index contributed by atoms with van der Waals surface area (Å²) < 4.78 is 14.4. The molecule has 1 amide bonds. The molecule has 0 atom stereocenters. The zero-order valence-electron chi connectivity index (χ0n) is 11.2. The van der Waals surface area contributed by atoms with E-state index in [2.05, 4.69) is 15.6 Å². The lowest BCUT2D eigenvalue weighted by molar-refractivity contribution is 0.102. The maximum Gasteiger partial charge on any atom is 0.257 e. The number of aromatic nitrogens is 1. The van der Waals surface area contributed by atoms with Crippen LogP contribution in [0.3, 0.4) is 0 Å². The number of aromatic amines is 1. The van der Waals surface area contributed by atoms with Crippen LogP contribution in [0.4, 0.5) is 10.1 Å². The van der Waals surface area contributed by atoms with E-state index >= 15 is 0 Å². The number of amides is 1. The lowest BCUT2D eigenvalue weighted by Crippen LogP contribution is -2.25. The molecule has 1 aliphatic heterocycles. The molecule has 104 valence electrons. The summed E-state index contributed by atoms with van der Waals surface area (Å²) in [5.74, 6) is -0.609. The first-order chi connectivity index (χ1) is 9.66. The van der Waals surface area contributed by atoms with Gasteiger partial charge in [0.2, 0.25) is 0 Å². The quantitative estimate of drug-likeness (QED) is 0.786. The molecule has 0 saturated heterocycles. The molecular formula is C15H16FN3O. The fraction of sp³-hybridized carbons (Fsp3) is 0.267. The van der Waals surface area contributed by atoms with Crippen LogP contribution in [0.25, 0.3) is 0 Å². The highest BCUT2D eigenvalue weighted by Crippen LogP contribution is 2.25.